The van der Waals surface area contributed by atoms with E-state index < -0.39 is 0 Å². The summed E-state index contributed by atoms with van der Waals surface area (Å²) < 4.78 is 5.47. The molecule has 0 bridgehead atoms. The Balaban J connectivity index is 2.10. The Labute approximate surface area is 102 Å². The van der Waals surface area contributed by atoms with Crippen molar-refractivity contribution in [3.05, 3.63) is 0 Å². The number of carbonyl (C=O) groups excluding carboxylic acids is 1. The first-order chi connectivity index (χ1) is 8.09. The second-order valence-electron chi connectivity index (χ2n) is 5.31. The van der Waals surface area contributed by atoms with Gasteiger partial charge in [0.15, 0.2) is 0 Å². The van der Waals surface area contributed by atoms with E-state index in [1.807, 2.05) is 0 Å². The molecule has 0 saturated carbocycles. The molecule has 2 unspecified atom stereocenters. The number of nitrogens with one attached hydrogen (secondary N) is 2. The SMILES string of the molecule is CC(C)CN1C(=O)NC(=N)C1C1CCCOC1. The van der Waals surface area contributed by atoms with Gasteiger partial charge in [-0.15, -0.1) is 0 Å². The molecule has 2 amide bonds. The average Bonchev–Trinajstić information content (AvgIpc) is 2.54. The molecule has 2 saturated heterocycles. The monoisotopic (exact) mass is 239 g/mol. The molecule has 2 aliphatic rings. The highest BCUT2D eigenvalue weighted by molar-refractivity contribution is 6.05. The van der Waals surface area contributed by atoms with Gasteiger partial charge in [0.05, 0.1) is 12.6 Å². The van der Waals surface area contributed by atoms with E-state index in [-0.39, 0.29) is 18.0 Å². The number of amidine groups is 1. The van der Waals surface area contributed by atoms with Crippen LogP contribution in [0.1, 0.15) is 26.7 Å². The number of ether oxygens (including phenoxy) is 1. The smallest absolute Gasteiger partial charge is 0.323 e. The first-order valence-electron chi connectivity index (χ1n) is 6.33. The van der Waals surface area contributed by atoms with Crippen LogP contribution in [0.4, 0.5) is 4.79 Å². The molecule has 2 N–H and O–H groups in total. The molecule has 17 heavy (non-hydrogen) atoms. The van der Waals surface area contributed by atoms with Gasteiger partial charge in [0, 0.05) is 19.1 Å². The molecule has 96 valence electrons. The first-order valence-corrected chi connectivity index (χ1v) is 6.33. The molecule has 2 aliphatic heterocycles. The third kappa shape index (κ3) is 2.60. The van der Waals surface area contributed by atoms with Gasteiger partial charge in [0.2, 0.25) is 0 Å². The van der Waals surface area contributed by atoms with Crippen LogP contribution < -0.4 is 5.32 Å². The van der Waals surface area contributed by atoms with Crippen LogP contribution in [-0.4, -0.2) is 42.6 Å². The molecule has 2 rings (SSSR count). The second kappa shape index (κ2) is 5.04. The van der Waals surface area contributed by atoms with Crippen molar-refractivity contribution in [2.75, 3.05) is 19.8 Å². The molecule has 0 aromatic rings. The van der Waals surface area contributed by atoms with E-state index in [1.54, 1.807) is 4.90 Å². The number of rotatable bonds is 3. The molecule has 0 aromatic carbocycles. The van der Waals surface area contributed by atoms with Crippen molar-refractivity contribution in [1.29, 1.82) is 5.41 Å². The molecule has 0 aliphatic carbocycles. The molecule has 0 spiro atoms. The summed E-state index contributed by atoms with van der Waals surface area (Å²) in [4.78, 5) is 13.6. The normalized spacial score (nSPS) is 29.9. The fourth-order valence-electron chi connectivity index (χ4n) is 2.64. The molecular weight excluding hydrogens is 218 g/mol. The Morgan fingerprint density at radius 3 is 2.94 bits per heavy atom. The Hall–Kier alpha value is -1.10. The molecular formula is C12H21N3O2. The van der Waals surface area contributed by atoms with Gasteiger partial charge in [-0.2, -0.15) is 0 Å². The second-order valence-corrected chi connectivity index (χ2v) is 5.31. The van der Waals surface area contributed by atoms with Gasteiger partial charge in [-0.25, -0.2) is 4.79 Å². The Morgan fingerprint density at radius 2 is 2.35 bits per heavy atom. The van der Waals surface area contributed by atoms with Crippen LogP contribution >= 0.6 is 0 Å². The zero-order valence-electron chi connectivity index (χ0n) is 10.5. The van der Waals surface area contributed by atoms with Crippen molar-refractivity contribution < 1.29 is 9.53 Å². The van der Waals surface area contributed by atoms with E-state index in [0.717, 1.165) is 19.4 Å². The van der Waals surface area contributed by atoms with Crippen LogP contribution in [0, 0.1) is 17.2 Å². The van der Waals surface area contributed by atoms with Gasteiger partial charge in [-0.1, -0.05) is 13.8 Å². The zero-order chi connectivity index (χ0) is 12.4. The largest absolute Gasteiger partial charge is 0.381 e. The van der Waals surface area contributed by atoms with Gasteiger partial charge in [-0.05, 0) is 18.8 Å². The lowest BCUT2D eigenvalue weighted by Gasteiger charge is -2.33. The number of hydrogen-bond donors (Lipinski definition) is 2. The Morgan fingerprint density at radius 1 is 1.59 bits per heavy atom. The van der Waals surface area contributed by atoms with Crippen LogP contribution in [0.2, 0.25) is 0 Å². The summed E-state index contributed by atoms with van der Waals surface area (Å²) in [7, 11) is 0. The average molecular weight is 239 g/mol. The van der Waals surface area contributed by atoms with E-state index in [9.17, 15) is 4.79 Å². The van der Waals surface area contributed by atoms with Crippen molar-refractivity contribution in [1.82, 2.24) is 10.2 Å². The minimum absolute atomic E-state index is 0.106. The van der Waals surface area contributed by atoms with E-state index in [2.05, 4.69) is 19.2 Å². The third-order valence-corrected chi connectivity index (χ3v) is 3.34. The molecule has 0 radical (unpaired) electrons. The molecule has 2 heterocycles. The van der Waals surface area contributed by atoms with Gasteiger partial charge in [-0.3, -0.25) is 10.7 Å². The maximum Gasteiger partial charge on any atom is 0.323 e. The number of hydrogen-bond acceptors (Lipinski definition) is 3. The van der Waals surface area contributed by atoms with Crippen LogP contribution in [0.5, 0.6) is 0 Å². The van der Waals surface area contributed by atoms with Crippen molar-refractivity contribution in [3.8, 4) is 0 Å². The van der Waals surface area contributed by atoms with Gasteiger partial charge >= 0.3 is 6.03 Å². The lowest BCUT2D eigenvalue weighted by Crippen LogP contribution is -2.45. The topological polar surface area (TPSA) is 65.4 Å². The summed E-state index contributed by atoms with van der Waals surface area (Å²) in [6.45, 7) is 6.35. The molecule has 5 heteroatoms. The molecule has 0 aromatic heterocycles. The predicted molar refractivity (Wildman–Crippen MR) is 65.1 cm³/mol. The van der Waals surface area contributed by atoms with E-state index in [4.69, 9.17) is 10.1 Å². The summed E-state index contributed by atoms with van der Waals surface area (Å²) in [6.07, 6.45) is 2.06. The third-order valence-electron chi connectivity index (χ3n) is 3.34. The highest BCUT2D eigenvalue weighted by Gasteiger charge is 2.41. The van der Waals surface area contributed by atoms with Crippen molar-refractivity contribution in [2.45, 2.75) is 32.7 Å². The van der Waals surface area contributed by atoms with Gasteiger partial charge in [0.25, 0.3) is 0 Å². The molecule has 2 atom stereocenters. The van der Waals surface area contributed by atoms with Crippen molar-refractivity contribution in [2.24, 2.45) is 11.8 Å². The summed E-state index contributed by atoms with van der Waals surface area (Å²) in [5.41, 5.74) is 0. The van der Waals surface area contributed by atoms with Crippen molar-refractivity contribution >= 4 is 11.9 Å². The maximum absolute atomic E-state index is 11.8. The number of urea groups is 1. The maximum atomic E-state index is 11.8. The van der Waals surface area contributed by atoms with E-state index in [1.165, 1.54) is 0 Å². The highest BCUT2D eigenvalue weighted by Crippen LogP contribution is 2.25. The molecule has 5 nitrogen and oxygen atoms in total. The van der Waals surface area contributed by atoms with Crippen LogP contribution in [-0.2, 0) is 4.74 Å². The van der Waals surface area contributed by atoms with Crippen LogP contribution in [0.25, 0.3) is 0 Å². The first kappa shape index (κ1) is 12.4. The minimum Gasteiger partial charge on any atom is -0.381 e. The standard InChI is InChI=1S/C12H21N3O2/c1-8(2)6-15-10(11(13)14-12(15)16)9-4-3-5-17-7-9/h8-10H,3-7H2,1-2H3,(H2,13,14,16). The fourth-order valence-corrected chi connectivity index (χ4v) is 2.64. The van der Waals surface area contributed by atoms with Crippen LogP contribution in [0.15, 0.2) is 0 Å². The number of carbonyl (C=O) groups is 1. The van der Waals surface area contributed by atoms with E-state index in [0.29, 0.717) is 24.9 Å². The number of nitrogens with zero attached hydrogens (tertiary/aromatic N) is 1. The van der Waals surface area contributed by atoms with E-state index >= 15 is 0 Å². The lowest BCUT2D eigenvalue weighted by atomic mass is 9.92. The lowest BCUT2D eigenvalue weighted by molar-refractivity contribution is 0.0342. The highest BCUT2D eigenvalue weighted by atomic mass is 16.5. The quantitative estimate of drug-likeness (QED) is 0.782. The molecule has 2 fully saturated rings. The van der Waals surface area contributed by atoms with Gasteiger partial charge < -0.3 is 9.64 Å². The van der Waals surface area contributed by atoms with Crippen molar-refractivity contribution in [3.63, 3.8) is 0 Å². The Kier molecular flexibility index (Phi) is 3.66. The minimum atomic E-state index is -0.126. The van der Waals surface area contributed by atoms with Gasteiger partial charge in [0.1, 0.15) is 5.84 Å². The summed E-state index contributed by atoms with van der Waals surface area (Å²) in [6, 6.07) is -0.232. The fraction of sp³-hybridized carbons (Fsp3) is 0.833. The summed E-state index contributed by atoms with van der Waals surface area (Å²) in [5, 5.41) is 10.6. The zero-order valence-corrected chi connectivity index (χ0v) is 10.5. The predicted octanol–water partition coefficient (Wildman–Crippen LogP) is 1.44. The summed E-state index contributed by atoms with van der Waals surface area (Å²) >= 11 is 0. The summed E-state index contributed by atoms with van der Waals surface area (Å²) in [5.74, 6) is 1.03. The van der Waals surface area contributed by atoms with Crippen LogP contribution in [0.3, 0.4) is 0 Å². The number of amides is 2. The Bertz CT molecular complexity index is 311.